The molecule has 0 saturated carbocycles. The van der Waals surface area contributed by atoms with Crippen LogP contribution in [0.1, 0.15) is 28.4 Å². The zero-order valence-corrected chi connectivity index (χ0v) is 18.7. The number of carbonyl (C=O) groups excluding carboxylic acids is 2. The lowest BCUT2D eigenvalue weighted by Crippen LogP contribution is -2.35. The van der Waals surface area contributed by atoms with E-state index < -0.39 is 0 Å². The highest BCUT2D eigenvalue weighted by atomic mass is 16.6. The summed E-state index contributed by atoms with van der Waals surface area (Å²) in [5.74, 6) is 0.964. The van der Waals surface area contributed by atoms with Gasteiger partial charge >= 0.3 is 6.09 Å². The van der Waals surface area contributed by atoms with Crippen molar-refractivity contribution in [1.82, 2.24) is 25.2 Å². The minimum atomic E-state index is -0.379. The van der Waals surface area contributed by atoms with E-state index in [1.165, 1.54) is 0 Å². The number of carbonyl (C=O) groups is 2. The van der Waals surface area contributed by atoms with Crippen LogP contribution in [0.15, 0.2) is 36.4 Å². The molecule has 3 aromatic rings. The number of nitrogens with zero attached hydrogens (tertiary/aromatic N) is 5. The fourth-order valence-electron chi connectivity index (χ4n) is 4.73. The Morgan fingerprint density at radius 3 is 2.62 bits per heavy atom. The van der Waals surface area contributed by atoms with E-state index in [4.69, 9.17) is 14.7 Å². The van der Waals surface area contributed by atoms with E-state index >= 15 is 0 Å². The Bertz CT molecular complexity index is 1270. The van der Waals surface area contributed by atoms with E-state index in [1.807, 2.05) is 17.9 Å². The summed E-state index contributed by atoms with van der Waals surface area (Å²) in [7, 11) is 0. The van der Waals surface area contributed by atoms with Gasteiger partial charge in [0.2, 0.25) is 0 Å². The van der Waals surface area contributed by atoms with E-state index in [0.717, 1.165) is 11.1 Å². The molecular formula is C24H24N6O4. The molecule has 174 valence electrons. The molecule has 2 fully saturated rings. The second-order valence-corrected chi connectivity index (χ2v) is 8.60. The van der Waals surface area contributed by atoms with Crippen LogP contribution in [0.2, 0.25) is 0 Å². The predicted molar refractivity (Wildman–Crippen MR) is 121 cm³/mol. The average Bonchev–Trinajstić information content (AvgIpc) is 3.57. The first-order valence-electron chi connectivity index (χ1n) is 11.2. The van der Waals surface area contributed by atoms with Crippen molar-refractivity contribution in [2.24, 2.45) is 11.8 Å². The van der Waals surface area contributed by atoms with E-state index in [0.29, 0.717) is 55.2 Å². The van der Waals surface area contributed by atoms with Gasteiger partial charge in [0.05, 0.1) is 23.8 Å². The maximum Gasteiger partial charge on any atom is 0.410 e. The number of fused-ring (bicyclic) bond motifs is 2. The molecule has 10 heteroatoms. The normalized spacial score (nSPS) is 19.2. The van der Waals surface area contributed by atoms with Crippen LogP contribution in [0.5, 0.6) is 5.75 Å². The number of H-pyrrole nitrogens is 1. The van der Waals surface area contributed by atoms with Gasteiger partial charge in [-0.3, -0.25) is 9.89 Å². The summed E-state index contributed by atoms with van der Waals surface area (Å²) in [4.78, 5) is 29.2. The zero-order chi connectivity index (χ0) is 23.7. The average molecular weight is 460 g/mol. The molecule has 0 aliphatic carbocycles. The summed E-state index contributed by atoms with van der Waals surface area (Å²) in [6.07, 6.45) is -0.379. The third kappa shape index (κ3) is 4.12. The summed E-state index contributed by atoms with van der Waals surface area (Å²) >= 11 is 0. The van der Waals surface area contributed by atoms with Crippen molar-refractivity contribution < 1.29 is 19.1 Å². The van der Waals surface area contributed by atoms with Gasteiger partial charge in [0.15, 0.2) is 0 Å². The van der Waals surface area contributed by atoms with Crippen LogP contribution < -0.4 is 4.74 Å². The number of amides is 2. The fraction of sp³-hybridized carbons (Fsp3) is 0.375. The van der Waals surface area contributed by atoms with Gasteiger partial charge in [-0.2, -0.15) is 5.26 Å². The Kier molecular flexibility index (Phi) is 5.76. The van der Waals surface area contributed by atoms with Gasteiger partial charge < -0.3 is 19.3 Å². The third-order valence-corrected chi connectivity index (χ3v) is 6.45. The minimum absolute atomic E-state index is 0.0299. The Morgan fingerprint density at radius 1 is 1.12 bits per heavy atom. The number of aromatic nitrogens is 3. The Morgan fingerprint density at radius 2 is 1.88 bits per heavy atom. The number of aromatic amines is 1. The van der Waals surface area contributed by atoms with Crippen molar-refractivity contribution in [2.75, 3.05) is 32.8 Å². The molecule has 10 nitrogen and oxygen atoms in total. The van der Waals surface area contributed by atoms with Gasteiger partial charge in [0, 0.05) is 49.1 Å². The number of nitrogens with one attached hydrogen (secondary N) is 1. The minimum Gasteiger partial charge on any atom is -0.493 e. The van der Waals surface area contributed by atoms with Crippen LogP contribution in [0.3, 0.4) is 0 Å². The highest BCUT2D eigenvalue weighted by molar-refractivity contribution is 5.97. The fourth-order valence-corrected chi connectivity index (χ4v) is 4.73. The van der Waals surface area contributed by atoms with Crippen LogP contribution in [0.4, 0.5) is 4.79 Å². The van der Waals surface area contributed by atoms with Gasteiger partial charge in [-0.25, -0.2) is 4.79 Å². The molecule has 0 bridgehead atoms. The molecule has 0 spiro atoms. The molecule has 2 amide bonds. The number of likely N-dealkylation sites (tertiary alicyclic amines) is 2. The van der Waals surface area contributed by atoms with Crippen LogP contribution in [0, 0.1) is 23.2 Å². The number of benzene rings is 2. The van der Waals surface area contributed by atoms with Gasteiger partial charge in [0.25, 0.3) is 5.91 Å². The van der Waals surface area contributed by atoms with Crippen LogP contribution >= 0.6 is 0 Å². The SMILES string of the molecule is CCOc1cc(C#N)ccc1COC(=O)N1C[C@@H]2CN(C(=O)c3ccc4[nH]nnc4c3)C[C@H]2C1. The van der Waals surface area contributed by atoms with Gasteiger partial charge in [0.1, 0.15) is 17.9 Å². The molecule has 2 aliphatic rings. The van der Waals surface area contributed by atoms with Crippen LogP contribution in [-0.4, -0.2) is 70.0 Å². The lowest BCUT2D eigenvalue weighted by molar-refractivity contribution is 0.0764. The van der Waals surface area contributed by atoms with E-state index in [2.05, 4.69) is 21.5 Å². The molecule has 34 heavy (non-hydrogen) atoms. The Labute approximate surface area is 196 Å². The van der Waals surface area contributed by atoms with Crippen LogP contribution in [-0.2, 0) is 11.3 Å². The first kappa shape index (κ1) is 21.7. The quantitative estimate of drug-likeness (QED) is 0.620. The molecule has 0 unspecified atom stereocenters. The van der Waals surface area contributed by atoms with Crippen molar-refractivity contribution in [1.29, 1.82) is 5.26 Å². The summed E-state index contributed by atoms with van der Waals surface area (Å²) in [5.41, 5.74) is 3.25. The summed E-state index contributed by atoms with van der Waals surface area (Å²) in [5, 5.41) is 19.6. The number of ether oxygens (including phenoxy) is 2. The predicted octanol–water partition coefficient (Wildman–Crippen LogP) is 2.57. The number of rotatable bonds is 5. The molecule has 2 saturated heterocycles. The Hall–Kier alpha value is -4.13. The van der Waals surface area contributed by atoms with Crippen molar-refractivity contribution in [3.05, 3.63) is 53.1 Å². The topological polar surface area (TPSA) is 124 Å². The van der Waals surface area contributed by atoms with E-state index in [9.17, 15) is 9.59 Å². The highest BCUT2D eigenvalue weighted by Crippen LogP contribution is 2.32. The second kappa shape index (κ2) is 9.02. The lowest BCUT2D eigenvalue weighted by atomic mass is 10.0. The molecule has 0 radical (unpaired) electrons. The monoisotopic (exact) mass is 460 g/mol. The highest BCUT2D eigenvalue weighted by Gasteiger charge is 2.43. The lowest BCUT2D eigenvalue weighted by Gasteiger charge is -2.22. The van der Waals surface area contributed by atoms with Crippen molar-refractivity contribution in [3.8, 4) is 11.8 Å². The largest absolute Gasteiger partial charge is 0.493 e. The molecular weight excluding hydrogens is 436 g/mol. The maximum absolute atomic E-state index is 13.0. The molecule has 5 rings (SSSR count). The summed E-state index contributed by atoms with van der Waals surface area (Å²) in [6.45, 7) is 4.71. The van der Waals surface area contributed by atoms with Crippen molar-refractivity contribution in [3.63, 3.8) is 0 Å². The molecule has 3 heterocycles. The second-order valence-electron chi connectivity index (χ2n) is 8.60. The summed E-state index contributed by atoms with van der Waals surface area (Å²) < 4.78 is 11.1. The van der Waals surface area contributed by atoms with Crippen molar-refractivity contribution in [2.45, 2.75) is 13.5 Å². The summed E-state index contributed by atoms with van der Waals surface area (Å²) in [6, 6.07) is 12.5. The molecule has 1 aromatic heterocycles. The van der Waals surface area contributed by atoms with E-state index in [-0.39, 0.29) is 30.4 Å². The first-order valence-corrected chi connectivity index (χ1v) is 11.2. The van der Waals surface area contributed by atoms with Crippen LogP contribution in [0.25, 0.3) is 11.0 Å². The van der Waals surface area contributed by atoms with Gasteiger partial charge in [-0.05, 0) is 37.3 Å². The zero-order valence-electron chi connectivity index (χ0n) is 18.7. The third-order valence-electron chi connectivity index (χ3n) is 6.45. The van der Waals surface area contributed by atoms with Crippen molar-refractivity contribution >= 4 is 23.0 Å². The number of hydrogen-bond acceptors (Lipinski definition) is 7. The number of hydrogen-bond donors (Lipinski definition) is 1. The molecule has 1 N–H and O–H groups in total. The number of nitriles is 1. The molecule has 2 aliphatic heterocycles. The molecule has 2 aromatic carbocycles. The van der Waals surface area contributed by atoms with Gasteiger partial charge in [-0.15, -0.1) is 5.10 Å². The first-order chi connectivity index (χ1) is 16.6. The van der Waals surface area contributed by atoms with E-state index in [1.54, 1.807) is 35.2 Å². The van der Waals surface area contributed by atoms with Gasteiger partial charge in [-0.1, -0.05) is 11.3 Å². The smallest absolute Gasteiger partial charge is 0.410 e. The Balaban J connectivity index is 1.16. The standard InChI is InChI=1S/C24H24N6O4/c1-2-33-22-7-15(9-25)3-4-17(22)14-34-24(32)30-12-18-10-29(11-19(18)13-30)23(31)16-5-6-20-21(8-16)27-28-26-20/h3-8,18-19H,2,10-14H2,1H3,(H,26,27,28)/t18-,19-/m0/s1. The molecule has 2 atom stereocenters. The maximum atomic E-state index is 13.0.